The number of rotatable bonds is 7. The number of esters is 1. The van der Waals surface area contributed by atoms with Crippen LogP contribution in [0.4, 0.5) is 17.1 Å². The van der Waals surface area contributed by atoms with Crippen molar-refractivity contribution in [2.75, 3.05) is 42.3 Å². The van der Waals surface area contributed by atoms with Crippen molar-refractivity contribution in [3.8, 4) is 0 Å². The van der Waals surface area contributed by atoms with Gasteiger partial charge in [0.2, 0.25) is 5.91 Å². The van der Waals surface area contributed by atoms with E-state index in [9.17, 15) is 19.2 Å². The molecule has 8 nitrogen and oxygen atoms in total. The molecule has 0 aliphatic carbocycles. The van der Waals surface area contributed by atoms with E-state index < -0.39 is 16.8 Å². The topological polar surface area (TPSA) is 105 Å². The van der Waals surface area contributed by atoms with Gasteiger partial charge in [-0.3, -0.25) is 14.4 Å². The Morgan fingerprint density at radius 1 is 1.07 bits per heavy atom. The second-order valence-electron chi connectivity index (χ2n) is 6.37. The van der Waals surface area contributed by atoms with Crippen molar-refractivity contribution in [3.63, 3.8) is 0 Å². The number of nitrogens with one attached hydrogen (secondary N) is 2. The second kappa shape index (κ2) is 8.03. The minimum absolute atomic E-state index is 0.136. The summed E-state index contributed by atoms with van der Waals surface area (Å²) in [7, 11) is 1.30. The van der Waals surface area contributed by atoms with Crippen molar-refractivity contribution < 1.29 is 14.3 Å². The lowest BCUT2D eigenvalue weighted by atomic mass is 10.1. The van der Waals surface area contributed by atoms with Gasteiger partial charge in [0.1, 0.15) is 11.4 Å². The number of amides is 1. The fourth-order valence-electron chi connectivity index (χ4n) is 3.12. The molecule has 3 rings (SSSR count). The zero-order valence-electron chi connectivity index (χ0n) is 15.0. The van der Waals surface area contributed by atoms with E-state index in [2.05, 4.69) is 15.4 Å². The van der Waals surface area contributed by atoms with Gasteiger partial charge in [-0.15, -0.1) is 0 Å². The highest BCUT2D eigenvalue weighted by atomic mass is 16.5. The molecule has 1 amide bonds. The zero-order chi connectivity index (χ0) is 19.4. The molecule has 0 spiro atoms. The first-order valence-corrected chi connectivity index (χ1v) is 8.81. The number of hydrogen-bond acceptors (Lipinski definition) is 7. The Labute approximate surface area is 155 Å². The van der Waals surface area contributed by atoms with Crippen molar-refractivity contribution in [1.82, 2.24) is 0 Å². The highest BCUT2D eigenvalue weighted by Gasteiger charge is 2.27. The molecule has 0 bridgehead atoms. The number of anilines is 3. The van der Waals surface area contributed by atoms with E-state index in [1.165, 1.54) is 7.11 Å². The van der Waals surface area contributed by atoms with Crippen LogP contribution in [0.15, 0.2) is 33.9 Å². The Balaban J connectivity index is 1.50. The van der Waals surface area contributed by atoms with Crippen LogP contribution >= 0.6 is 0 Å². The lowest BCUT2D eigenvalue weighted by Crippen LogP contribution is -2.42. The predicted molar refractivity (Wildman–Crippen MR) is 102 cm³/mol. The van der Waals surface area contributed by atoms with Gasteiger partial charge >= 0.3 is 5.97 Å². The minimum Gasteiger partial charge on any atom is -0.465 e. The van der Waals surface area contributed by atoms with E-state index in [-0.39, 0.29) is 18.9 Å². The van der Waals surface area contributed by atoms with Crippen LogP contribution in [0.2, 0.25) is 0 Å². The summed E-state index contributed by atoms with van der Waals surface area (Å²) in [6.07, 6.45) is 2.15. The molecule has 2 aromatic carbocycles. The zero-order valence-corrected chi connectivity index (χ0v) is 15.0. The van der Waals surface area contributed by atoms with Crippen molar-refractivity contribution >= 4 is 28.9 Å². The summed E-state index contributed by atoms with van der Waals surface area (Å²) in [5, 5.41) is 5.63. The van der Waals surface area contributed by atoms with Crippen molar-refractivity contribution in [2.45, 2.75) is 19.3 Å². The number of nitrogens with zero attached hydrogens (tertiary/aromatic N) is 1. The first kappa shape index (κ1) is 18.6. The smallest absolute Gasteiger partial charge is 0.337 e. The van der Waals surface area contributed by atoms with Crippen LogP contribution in [0.1, 0.15) is 29.6 Å². The lowest BCUT2D eigenvalue weighted by molar-refractivity contribution is -0.115. The summed E-state index contributed by atoms with van der Waals surface area (Å²) in [6, 6.07) is 6.34. The molecular formula is C19H21N3O5. The number of carbonyl (C=O) groups excluding carboxylic acids is 2. The van der Waals surface area contributed by atoms with Gasteiger partial charge in [0.15, 0.2) is 0 Å². The first-order valence-electron chi connectivity index (χ1n) is 8.81. The molecule has 1 aliphatic heterocycles. The molecule has 0 unspecified atom stereocenters. The third-order valence-corrected chi connectivity index (χ3v) is 4.55. The first-order chi connectivity index (χ1) is 13.0. The Kier molecular flexibility index (Phi) is 5.54. The molecule has 8 heteroatoms. The van der Waals surface area contributed by atoms with E-state index in [0.29, 0.717) is 22.6 Å². The van der Waals surface area contributed by atoms with Crippen LogP contribution in [-0.4, -0.2) is 38.6 Å². The molecule has 1 heterocycles. The minimum atomic E-state index is -0.518. The van der Waals surface area contributed by atoms with Crippen LogP contribution in [0.5, 0.6) is 0 Å². The number of benzene rings is 1. The fraction of sp³-hybridized carbons (Fsp3) is 0.368. The van der Waals surface area contributed by atoms with Gasteiger partial charge in [-0.1, -0.05) is 0 Å². The molecule has 1 saturated heterocycles. The summed E-state index contributed by atoms with van der Waals surface area (Å²) in [5.74, 6) is -0.686. The largest absolute Gasteiger partial charge is 0.465 e. The lowest BCUT2D eigenvalue weighted by Gasteiger charge is -2.22. The average molecular weight is 371 g/mol. The summed E-state index contributed by atoms with van der Waals surface area (Å²) in [4.78, 5) is 48.9. The van der Waals surface area contributed by atoms with Crippen LogP contribution in [-0.2, 0) is 9.53 Å². The molecule has 1 aliphatic rings. The van der Waals surface area contributed by atoms with Crippen LogP contribution in [0.3, 0.4) is 0 Å². The van der Waals surface area contributed by atoms with Crippen molar-refractivity contribution in [3.05, 3.63) is 50.3 Å². The molecule has 0 aromatic heterocycles. The van der Waals surface area contributed by atoms with E-state index in [1.54, 1.807) is 24.3 Å². The van der Waals surface area contributed by atoms with Crippen LogP contribution in [0, 0.1) is 0 Å². The number of ether oxygens (including phenoxy) is 1. The number of hydrogen-bond donors (Lipinski definition) is 2. The highest BCUT2D eigenvalue weighted by Crippen LogP contribution is 2.24. The quantitative estimate of drug-likeness (QED) is 0.555. The molecule has 142 valence electrons. The molecule has 2 N–H and O–H groups in total. The van der Waals surface area contributed by atoms with E-state index >= 15 is 0 Å². The molecule has 27 heavy (non-hydrogen) atoms. The molecular weight excluding hydrogens is 350 g/mol. The van der Waals surface area contributed by atoms with Gasteiger partial charge in [-0.25, -0.2) is 4.79 Å². The van der Waals surface area contributed by atoms with Gasteiger partial charge < -0.3 is 20.3 Å². The molecule has 0 atom stereocenters. The monoisotopic (exact) mass is 371 g/mol. The summed E-state index contributed by atoms with van der Waals surface area (Å²) in [6.45, 7) is 1.81. The maximum Gasteiger partial charge on any atom is 0.337 e. The Hall–Kier alpha value is -3.16. The Bertz CT molecular complexity index is 907. The SMILES string of the molecule is COC(=O)c1ccc(NC(=O)CCNc2c(N3CCCC3)c(=O)c2=O)cc1. The summed E-state index contributed by atoms with van der Waals surface area (Å²) < 4.78 is 4.62. The van der Waals surface area contributed by atoms with E-state index in [4.69, 9.17) is 0 Å². The standard InChI is InChI=1S/C19H21N3O5/c1-27-19(26)12-4-6-13(7-5-12)21-14(23)8-9-20-15-16(18(25)17(15)24)22-10-2-3-11-22/h4-7,20H,2-3,8-11H2,1H3,(H,21,23). The maximum absolute atomic E-state index is 12.0. The summed E-state index contributed by atoms with van der Waals surface area (Å²) in [5.41, 5.74) is 0.755. The van der Waals surface area contributed by atoms with Gasteiger partial charge in [-0.05, 0) is 37.1 Å². The van der Waals surface area contributed by atoms with Gasteiger partial charge in [-0.2, -0.15) is 0 Å². The third kappa shape index (κ3) is 3.99. The van der Waals surface area contributed by atoms with Gasteiger partial charge in [0.25, 0.3) is 10.9 Å². The predicted octanol–water partition coefficient (Wildman–Crippen LogP) is 1.11. The Morgan fingerprint density at radius 3 is 2.37 bits per heavy atom. The highest BCUT2D eigenvalue weighted by molar-refractivity contribution is 5.93. The van der Waals surface area contributed by atoms with Gasteiger partial charge in [0, 0.05) is 31.7 Å². The fourth-order valence-corrected chi connectivity index (χ4v) is 3.12. The average Bonchev–Trinajstić information content (AvgIpc) is 3.20. The molecule has 2 aromatic rings. The summed E-state index contributed by atoms with van der Waals surface area (Å²) >= 11 is 0. The van der Waals surface area contributed by atoms with E-state index in [1.807, 2.05) is 4.90 Å². The van der Waals surface area contributed by atoms with Crippen molar-refractivity contribution in [1.29, 1.82) is 0 Å². The second-order valence-corrected chi connectivity index (χ2v) is 6.37. The Morgan fingerprint density at radius 2 is 1.74 bits per heavy atom. The number of methoxy groups -OCH3 is 1. The molecule has 0 radical (unpaired) electrons. The van der Waals surface area contributed by atoms with Gasteiger partial charge in [0.05, 0.1) is 12.7 Å². The van der Waals surface area contributed by atoms with Crippen molar-refractivity contribution in [2.24, 2.45) is 0 Å². The number of carbonyl (C=O) groups is 2. The molecule has 0 saturated carbocycles. The molecule has 1 fully saturated rings. The van der Waals surface area contributed by atoms with Crippen LogP contribution < -0.4 is 26.4 Å². The normalized spacial score (nSPS) is 13.6. The maximum atomic E-state index is 12.0. The third-order valence-electron chi connectivity index (χ3n) is 4.55. The van der Waals surface area contributed by atoms with E-state index in [0.717, 1.165) is 25.9 Å². The van der Waals surface area contributed by atoms with Crippen LogP contribution in [0.25, 0.3) is 0 Å².